The number of hydrogen-bond acceptors (Lipinski definition) is 6. The van der Waals surface area contributed by atoms with Gasteiger partial charge >= 0.3 is 5.97 Å². The number of esters is 1. The Morgan fingerprint density at radius 2 is 1.90 bits per heavy atom. The van der Waals surface area contributed by atoms with Crippen LogP contribution >= 0.6 is 11.8 Å². The number of ether oxygens (including phenoxy) is 1. The highest BCUT2D eigenvalue weighted by Crippen LogP contribution is 2.41. The Morgan fingerprint density at radius 3 is 2.38 bits per heavy atom. The van der Waals surface area contributed by atoms with Crippen LogP contribution in [-0.4, -0.2) is 33.8 Å². The normalized spacial score (nSPS) is 17.4. The number of carbonyl (C=O) groups excluding carboxylic acids is 1. The number of rotatable bonds is 6. The lowest BCUT2D eigenvalue weighted by atomic mass is 9.97. The smallest absolute Gasteiger partial charge is 0.327 e. The maximum absolute atomic E-state index is 12.2. The average Bonchev–Trinajstić information content (AvgIpc) is 3.27. The predicted molar refractivity (Wildman–Crippen MR) is 83.2 cm³/mol. The molecule has 1 fully saturated rings. The minimum atomic E-state index is -0.920. The molecule has 21 heavy (non-hydrogen) atoms. The van der Waals surface area contributed by atoms with E-state index in [0.29, 0.717) is 17.5 Å². The van der Waals surface area contributed by atoms with Crippen molar-refractivity contribution in [1.82, 2.24) is 9.97 Å². The number of nitrogens with two attached hydrogens (primary N) is 1. The predicted octanol–water partition coefficient (Wildman–Crippen LogP) is 2.16. The summed E-state index contributed by atoms with van der Waals surface area (Å²) >= 11 is 1.44. The molecule has 1 aromatic rings. The summed E-state index contributed by atoms with van der Waals surface area (Å²) in [7, 11) is 0. The fourth-order valence-corrected chi connectivity index (χ4v) is 3.32. The summed E-state index contributed by atoms with van der Waals surface area (Å²) in [6.07, 6.45) is 1.98. The minimum absolute atomic E-state index is 0.219. The second-order valence-electron chi connectivity index (χ2n) is 5.63. The van der Waals surface area contributed by atoms with Crippen molar-refractivity contribution in [2.24, 2.45) is 11.7 Å². The van der Waals surface area contributed by atoms with Crippen molar-refractivity contribution in [3.05, 3.63) is 17.0 Å². The molecule has 1 atom stereocenters. The van der Waals surface area contributed by atoms with E-state index >= 15 is 0 Å². The van der Waals surface area contributed by atoms with Crippen LogP contribution in [0.15, 0.2) is 5.16 Å². The Hall–Kier alpha value is -1.14. The quantitative estimate of drug-likeness (QED) is 0.493. The van der Waals surface area contributed by atoms with Crippen molar-refractivity contribution in [1.29, 1.82) is 0 Å². The van der Waals surface area contributed by atoms with Crippen molar-refractivity contribution < 1.29 is 9.53 Å². The van der Waals surface area contributed by atoms with Crippen molar-refractivity contribution in [3.8, 4) is 0 Å². The molecule has 1 aliphatic rings. The van der Waals surface area contributed by atoms with Crippen LogP contribution in [0.25, 0.3) is 0 Å². The van der Waals surface area contributed by atoms with E-state index in [1.54, 1.807) is 6.92 Å². The van der Waals surface area contributed by atoms with Gasteiger partial charge in [-0.15, -0.1) is 0 Å². The van der Waals surface area contributed by atoms with Crippen LogP contribution in [0.4, 0.5) is 0 Å². The second-order valence-corrected chi connectivity index (χ2v) is 6.57. The maximum Gasteiger partial charge on any atom is 0.327 e. The summed E-state index contributed by atoms with van der Waals surface area (Å²) in [5, 5.41) is 0.676. The van der Waals surface area contributed by atoms with E-state index in [1.807, 2.05) is 20.8 Å². The van der Waals surface area contributed by atoms with Gasteiger partial charge in [-0.3, -0.25) is 4.79 Å². The highest BCUT2D eigenvalue weighted by atomic mass is 32.2. The third-order valence-electron chi connectivity index (χ3n) is 4.01. The van der Waals surface area contributed by atoms with E-state index in [1.165, 1.54) is 11.8 Å². The Labute approximate surface area is 130 Å². The molecule has 1 unspecified atom stereocenters. The zero-order valence-corrected chi connectivity index (χ0v) is 13.9. The molecule has 2 N–H and O–H groups in total. The molecular weight excluding hydrogens is 286 g/mol. The largest absolute Gasteiger partial charge is 0.465 e. The standard InChI is InChI=1S/C15H23N3O2S/c1-5-20-13(19)15(16,12-6-7-12)8-21-14-17-10(3)9(2)11(4)18-14/h12H,5-8,16H2,1-4H3. The number of thioether (sulfide) groups is 1. The lowest BCUT2D eigenvalue weighted by Gasteiger charge is -2.26. The summed E-state index contributed by atoms with van der Waals surface area (Å²) < 4.78 is 5.15. The van der Waals surface area contributed by atoms with Crippen molar-refractivity contribution >= 4 is 17.7 Å². The highest BCUT2D eigenvalue weighted by Gasteiger charge is 2.49. The molecule has 5 nitrogen and oxygen atoms in total. The molecule has 1 heterocycles. The van der Waals surface area contributed by atoms with Gasteiger partial charge in [-0.2, -0.15) is 0 Å². The van der Waals surface area contributed by atoms with Crippen LogP contribution in [0.3, 0.4) is 0 Å². The SMILES string of the molecule is CCOC(=O)C(N)(CSc1nc(C)c(C)c(C)n1)C1CC1. The van der Waals surface area contributed by atoms with Gasteiger partial charge in [0.25, 0.3) is 0 Å². The van der Waals surface area contributed by atoms with Gasteiger partial charge in [0, 0.05) is 17.1 Å². The third kappa shape index (κ3) is 3.55. The molecule has 2 rings (SSSR count). The van der Waals surface area contributed by atoms with Gasteiger partial charge in [-0.1, -0.05) is 11.8 Å². The van der Waals surface area contributed by atoms with Crippen molar-refractivity contribution in [2.45, 2.75) is 51.2 Å². The fourth-order valence-electron chi connectivity index (χ4n) is 2.20. The molecule has 0 spiro atoms. The lowest BCUT2D eigenvalue weighted by Crippen LogP contribution is -2.53. The van der Waals surface area contributed by atoms with Gasteiger partial charge in [0.2, 0.25) is 0 Å². The maximum atomic E-state index is 12.2. The molecular formula is C15H23N3O2S. The summed E-state index contributed by atoms with van der Waals surface area (Å²) in [5.74, 6) is 0.371. The molecule has 0 bridgehead atoms. The summed E-state index contributed by atoms with van der Waals surface area (Å²) in [6, 6.07) is 0. The molecule has 0 aromatic carbocycles. The van der Waals surface area contributed by atoms with Gasteiger partial charge in [-0.05, 0) is 52.0 Å². The van der Waals surface area contributed by atoms with Gasteiger partial charge in [0.05, 0.1) is 6.61 Å². The van der Waals surface area contributed by atoms with E-state index in [4.69, 9.17) is 10.5 Å². The fraction of sp³-hybridized carbons (Fsp3) is 0.667. The minimum Gasteiger partial charge on any atom is -0.465 e. The van der Waals surface area contributed by atoms with Crippen LogP contribution in [0.2, 0.25) is 0 Å². The van der Waals surface area contributed by atoms with Crippen LogP contribution in [0.1, 0.15) is 36.7 Å². The first-order valence-electron chi connectivity index (χ1n) is 7.29. The average molecular weight is 309 g/mol. The zero-order valence-electron chi connectivity index (χ0n) is 13.1. The molecule has 1 aliphatic carbocycles. The molecule has 0 aliphatic heterocycles. The molecule has 0 amide bonds. The van der Waals surface area contributed by atoms with Crippen LogP contribution in [-0.2, 0) is 9.53 Å². The van der Waals surface area contributed by atoms with Crippen LogP contribution in [0, 0.1) is 26.7 Å². The third-order valence-corrected chi connectivity index (χ3v) is 5.08. The zero-order chi connectivity index (χ0) is 15.6. The number of nitrogens with zero attached hydrogens (tertiary/aromatic N) is 2. The van der Waals surface area contributed by atoms with Crippen LogP contribution < -0.4 is 5.73 Å². The molecule has 1 saturated carbocycles. The second kappa shape index (κ2) is 6.32. The first-order chi connectivity index (χ1) is 9.88. The molecule has 0 saturated heterocycles. The molecule has 116 valence electrons. The number of aromatic nitrogens is 2. The monoisotopic (exact) mass is 309 g/mol. The van der Waals surface area contributed by atoms with E-state index in [-0.39, 0.29) is 11.9 Å². The van der Waals surface area contributed by atoms with Gasteiger partial charge in [0.15, 0.2) is 5.16 Å². The van der Waals surface area contributed by atoms with Gasteiger partial charge < -0.3 is 10.5 Å². The van der Waals surface area contributed by atoms with Crippen molar-refractivity contribution in [2.75, 3.05) is 12.4 Å². The van der Waals surface area contributed by atoms with E-state index < -0.39 is 5.54 Å². The molecule has 0 radical (unpaired) electrons. The Bertz CT molecular complexity index is 523. The molecule has 6 heteroatoms. The van der Waals surface area contributed by atoms with E-state index in [0.717, 1.165) is 29.8 Å². The Kier molecular flexibility index (Phi) is 4.88. The number of aryl methyl sites for hydroxylation is 2. The summed E-state index contributed by atoms with van der Waals surface area (Å²) in [6.45, 7) is 8.10. The van der Waals surface area contributed by atoms with E-state index in [2.05, 4.69) is 9.97 Å². The first kappa shape index (κ1) is 16.2. The topological polar surface area (TPSA) is 78.1 Å². The Balaban J connectivity index is 2.10. The van der Waals surface area contributed by atoms with Crippen LogP contribution in [0.5, 0.6) is 0 Å². The lowest BCUT2D eigenvalue weighted by molar-refractivity contribution is -0.149. The first-order valence-corrected chi connectivity index (χ1v) is 8.27. The van der Waals surface area contributed by atoms with E-state index in [9.17, 15) is 4.79 Å². The molecule has 1 aromatic heterocycles. The van der Waals surface area contributed by atoms with Gasteiger partial charge in [0.1, 0.15) is 5.54 Å². The van der Waals surface area contributed by atoms with Gasteiger partial charge in [-0.25, -0.2) is 9.97 Å². The van der Waals surface area contributed by atoms with Crippen molar-refractivity contribution in [3.63, 3.8) is 0 Å². The Morgan fingerprint density at radius 1 is 1.33 bits per heavy atom. The highest BCUT2D eigenvalue weighted by molar-refractivity contribution is 7.99. The summed E-state index contributed by atoms with van der Waals surface area (Å²) in [5.41, 5.74) is 8.45. The number of hydrogen-bond donors (Lipinski definition) is 1. The number of carbonyl (C=O) groups is 1. The summed E-state index contributed by atoms with van der Waals surface area (Å²) in [4.78, 5) is 21.1.